The van der Waals surface area contributed by atoms with Gasteiger partial charge >= 0.3 is 0 Å². The number of nitrogens with zero attached hydrogens (tertiary/aromatic N) is 3. The second kappa shape index (κ2) is 11.4. The van der Waals surface area contributed by atoms with Crippen molar-refractivity contribution in [1.29, 1.82) is 0 Å². The largest absolute Gasteiger partial charge is 0.352 e. The number of thiocarbonyl (C=S) groups is 1. The molecule has 2 unspecified atom stereocenters. The molecule has 1 amide bonds. The highest BCUT2D eigenvalue weighted by molar-refractivity contribution is 7.80. The average molecular weight is 538 g/mol. The van der Waals surface area contributed by atoms with Crippen molar-refractivity contribution in [3.05, 3.63) is 113 Å². The molecule has 7 heteroatoms. The number of nitrogens with one attached hydrogen (secondary N) is 2. The van der Waals surface area contributed by atoms with Crippen molar-refractivity contribution in [2.24, 2.45) is 0 Å². The third kappa shape index (κ3) is 5.45. The molecule has 200 valence electrons. The van der Waals surface area contributed by atoms with Crippen molar-refractivity contribution >= 4 is 28.9 Å². The Balaban J connectivity index is 1.47. The maximum atomic E-state index is 13.0. The molecule has 1 saturated heterocycles. The average Bonchev–Trinajstić information content (AvgIpc) is 3.43. The number of hydrogen-bond acceptors (Lipinski definition) is 3. The van der Waals surface area contributed by atoms with E-state index in [2.05, 4.69) is 76.2 Å². The Morgan fingerprint density at radius 1 is 1.03 bits per heavy atom. The third-order valence-electron chi connectivity index (χ3n) is 7.59. The number of aromatic nitrogens is 2. The minimum absolute atomic E-state index is 0.0337. The zero-order valence-electron chi connectivity index (χ0n) is 22.9. The third-order valence-corrected chi connectivity index (χ3v) is 7.94. The van der Waals surface area contributed by atoms with Gasteiger partial charge in [0.25, 0.3) is 0 Å². The van der Waals surface area contributed by atoms with Crippen molar-refractivity contribution in [2.75, 3.05) is 11.9 Å². The summed E-state index contributed by atoms with van der Waals surface area (Å²) < 4.78 is 2.30. The molecule has 0 radical (unpaired) electrons. The van der Waals surface area contributed by atoms with Crippen LogP contribution >= 0.6 is 12.2 Å². The van der Waals surface area contributed by atoms with E-state index in [0.29, 0.717) is 18.1 Å². The summed E-state index contributed by atoms with van der Waals surface area (Å²) >= 11 is 5.85. The van der Waals surface area contributed by atoms with Crippen LogP contribution in [0.5, 0.6) is 0 Å². The first kappa shape index (κ1) is 26.6. The maximum Gasteiger partial charge on any atom is 0.226 e. The Hall–Kier alpha value is -3.97. The fraction of sp³-hybridized carbons (Fsp3) is 0.281. The lowest BCUT2D eigenvalue weighted by atomic mass is 9.96. The number of para-hydroxylation sites is 1. The Labute approximate surface area is 236 Å². The van der Waals surface area contributed by atoms with Crippen LogP contribution in [0.4, 0.5) is 5.69 Å². The zero-order chi connectivity index (χ0) is 27.5. The van der Waals surface area contributed by atoms with Crippen LogP contribution in [0, 0.1) is 20.8 Å². The summed E-state index contributed by atoms with van der Waals surface area (Å²) in [5.74, 6) is -0.0337. The van der Waals surface area contributed by atoms with E-state index in [1.807, 2.05) is 55.6 Å². The van der Waals surface area contributed by atoms with Gasteiger partial charge in [0.1, 0.15) is 0 Å². The molecule has 4 aromatic rings. The second-order valence-corrected chi connectivity index (χ2v) is 10.5. The highest BCUT2D eigenvalue weighted by Gasteiger charge is 2.41. The lowest BCUT2D eigenvalue weighted by Crippen LogP contribution is -2.33. The molecule has 39 heavy (non-hydrogen) atoms. The first-order valence-electron chi connectivity index (χ1n) is 13.5. The van der Waals surface area contributed by atoms with E-state index < -0.39 is 0 Å². The van der Waals surface area contributed by atoms with Gasteiger partial charge in [-0.2, -0.15) is 0 Å². The first-order chi connectivity index (χ1) is 18.9. The number of anilines is 1. The number of carbonyl (C=O) groups is 1. The molecule has 1 aliphatic heterocycles. The van der Waals surface area contributed by atoms with Crippen molar-refractivity contribution in [2.45, 2.75) is 52.6 Å². The number of amides is 1. The molecule has 0 aliphatic carbocycles. The summed E-state index contributed by atoms with van der Waals surface area (Å²) in [4.78, 5) is 19.8. The molecule has 5 rings (SSSR count). The number of pyridine rings is 1. The minimum Gasteiger partial charge on any atom is -0.352 e. The van der Waals surface area contributed by atoms with Gasteiger partial charge in [-0.3, -0.25) is 9.78 Å². The Morgan fingerprint density at radius 3 is 2.46 bits per heavy atom. The summed E-state index contributed by atoms with van der Waals surface area (Å²) in [5, 5.41) is 7.21. The van der Waals surface area contributed by atoms with Crippen LogP contribution in [0.15, 0.2) is 79.0 Å². The molecular formula is C32H35N5OS. The van der Waals surface area contributed by atoms with Crippen LogP contribution in [-0.4, -0.2) is 32.0 Å². The molecule has 2 aromatic heterocycles. The molecule has 0 saturated carbocycles. The van der Waals surface area contributed by atoms with Crippen LogP contribution in [0.1, 0.15) is 59.2 Å². The van der Waals surface area contributed by atoms with Crippen molar-refractivity contribution in [3.8, 4) is 5.69 Å². The Morgan fingerprint density at radius 2 is 1.77 bits per heavy atom. The quantitative estimate of drug-likeness (QED) is 0.256. The standard InChI is InChI=1S/C32H35N5OS/c1-5-24-13-15-25(16-14-24)37-22(3)20-26(23(37)4)31-30(28-12-8-9-18-33-28)35-32(39)36(31)19-17-29(38)34-27-11-7-6-10-21(27)2/h6-16,18,20,30-31H,5,17,19H2,1-4H3,(H,34,38)(H,35,39). The van der Waals surface area contributed by atoms with E-state index in [1.54, 1.807) is 0 Å². The van der Waals surface area contributed by atoms with Gasteiger partial charge in [-0.1, -0.05) is 43.3 Å². The van der Waals surface area contributed by atoms with E-state index in [1.165, 1.54) is 11.1 Å². The highest BCUT2D eigenvalue weighted by atomic mass is 32.1. The first-order valence-corrected chi connectivity index (χ1v) is 13.9. The molecule has 6 nitrogen and oxygen atoms in total. The molecule has 0 spiro atoms. The summed E-state index contributed by atoms with van der Waals surface area (Å²) in [6, 6.07) is 24.5. The van der Waals surface area contributed by atoms with E-state index in [9.17, 15) is 4.79 Å². The van der Waals surface area contributed by atoms with Gasteiger partial charge in [0.15, 0.2) is 5.11 Å². The smallest absolute Gasteiger partial charge is 0.226 e. The van der Waals surface area contributed by atoms with Crippen LogP contribution in [0.3, 0.4) is 0 Å². The molecular weight excluding hydrogens is 502 g/mol. The van der Waals surface area contributed by atoms with Gasteiger partial charge in [-0.25, -0.2) is 0 Å². The van der Waals surface area contributed by atoms with Crippen molar-refractivity contribution in [3.63, 3.8) is 0 Å². The van der Waals surface area contributed by atoms with Gasteiger partial charge in [0, 0.05) is 41.9 Å². The Kier molecular flexibility index (Phi) is 7.79. The van der Waals surface area contributed by atoms with Crippen LogP contribution in [-0.2, 0) is 11.2 Å². The molecule has 0 bridgehead atoms. The summed E-state index contributed by atoms with van der Waals surface area (Å²) in [6.45, 7) is 8.96. The van der Waals surface area contributed by atoms with Crippen molar-refractivity contribution < 1.29 is 4.79 Å². The van der Waals surface area contributed by atoms with E-state index in [-0.39, 0.29) is 18.0 Å². The highest BCUT2D eigenvalue weighted by Crippen LogP contribution is 2.41. The fourth-order valence-electron chi connectivity index (χ4n) is 5.50. The molecule has 3 heterocycles. The number of benzene rings is 2. The predicted molar refractivity (Wildman–Crippen MR) is 161 cm³/mol. The van der Waals surface area contributed by atoms with E-state index in [4.69, 9.17) is 12.2 Å². The van der Waals surface area contributed by atoms with Gasteiger partial charge in [0.2, 0.25) is 5.91 Å². The van der Waals surface area contributed by atoms with Crippen LogP contribution in [0.25, 0.3) is 5.69 Å². The summed E-state index contributed by atoms with van der Waals surface area (Å²) in [7, 11) is 0. The van der Waals surface area contributed by atoms with Gasteiger partial charge in [-0.15, -0.1) is 0 Å². The SMILES string of the molecule is CCc1ccc(-n2c(C)cc(C3C(c4ccccn4)NC(=S)N3CCC(=O)Nc3ccccc3C)c2C)cc1. The van der Waals surface area contributed by atoms with Gasteiger partial charge in [-0.05, 0) is 92.5 Å². The summed E-state index contributed by atoms with van der Waals surface area (Å²) in [5.41, 5.74) is 8.74. The molecule has 1 aliphatic rings. The lowest BCUT2D eigenvalue weighted by Gasteiger charge is -2.28. The molecule has 2 atom stereocenters. The van der Waals surface area contributed by atoms with E-state index in [0.717, 1.165) is 40.4 Å². The minimum atomic E-state index is -0.130. The van der Waals surface area contributed by atoms with Gasteiger partial charge < -0.3 is 20.1 Å². The number of carbonyl (C=O) groups excluding carboxylic acids is 1. The van der Waals surface area contributed by atoms with Gasteiger partial charge in [0.05, 0.1) is 17.8 Å². The molecule has 2 aromatic carbocycles. The second-order valence-electron chi connectivity index (χ2n) is 10.1. The molecule has 1 fully saturated rings. The van der Waals surface area contributed by atoms with E-state index >= 15 is 0 Å². The fourth-order valence-corrected chi connectivity index (χ4v) is 5.83. The topological polar surface area (TPSA) is 62.2 Å². The zero-order valence-corrected chi connectivity index (χ0v) is 23.8. The van der Waals surface area contributed by atoms with Crippen molar-refractivity contribution in [1.82, 2.24) is 19.8 Å². The van der Waals surface area contributed by atoms with Crippen LogP contribution < -0.4 is 10.6 Å². The predicted octanol–water partition coefficient (Wildman–Crippen LogP) is 6.36. The number of rotatable bonds is 8. The number of hydrogen-bond donors (Lipinski definition) is 2. The normalized spacial score (nSPS) is 16.8. The maximum absolute atomic E-state index is 13.0. The number of aryl methyl sites for hydroxylation is 3. The van der Waals surface area contributed by atoms with Crippen LogP contribution in [0.2, 0.25) is 0 Å². The molecule has 2 N–H and O–H groups in total. The Bertz CT molecular complexity index is 1480. The lowest BCUT2D eigenvalue weighted by molar-refractivity contribution is -0.116. The summed E-state index contributed by atoms with van der Waals surface area (Å²) in [6.07, 6.45) is 3.14. The monoisotopic (exact) mass is 537 g/mol.